The van der Waals surface area contributed by atoms with Crippen LogP contribution in [-0.4, -0.2) is 57.2 Å². The van der Waals surface area contributed by atoms with Gasteiger partial charge in [-0.2, -0.15) is 0 Å². The number of anilines is 1. The molecule has 11 heteroatoms. The molecule has 3 atom stereocenters. The third-order valence-electron chi connectivity index (χ3n) is 5.21. The molecule has 1 fully saturated rings. The van der Waals surface area contributed by atoms with Crippen molar-refractivity contribution in [1.29, 1.82) is 0 Å². The topological polar surface area (TPSA) is 161 Å². The highest BCUT2D eigenvalue weighted by molar-refractivity contribution is 5.92. The SMILES string of the molecule is CO[C@@H]1C[C@@H](C(=O)NCc2cccnc2N)CC[C@H]1NC(=O)c1cncn1C.O=CO. The number of carboxylic acid groups (broad SMARTS) is 1. The van der Waals surface area contributed by atoms with E-state index >= 15 is 0 Å². The molecule has 1 aliphatic carbocycles. The van der Waals surface area contributed by atoms with Crippen LogP contribution in [0.5, 0.6) is 0 Å². The number of imidazole rings is 1. The predicted molar refractivity (Wildman–Crippen MR) is 112 cm³/mol. The first-order valence-electron chi connectivity index (χ1n) is 9.76. The van der Waals surface area contributed by atoms with E-state index in [1.54, 1.807) is 37.3 Å². The van der Waals surface area contributed by atoms with E-state index in [2.05, 4.69) is 20.6 Å². The summed E-state index contributed by atoms with van der Waals surface area (Å²) in [4.78, 5) is 41.4. The first-order valence-corrected chi connectivity index (χ1v) is 9.76. The molecule has 11 nitrogen and oxygen atoms in total. The second-order valence-electron chi connectivity index (χ2n) is 7.12. The highest BCUT2D eigenvalue weighted by Crippen LogP contribution is 2.27. The van der Waals surface area contributed by atoms with Crippen LogP contribution in [0.25, 0.3) is 0 Å². The number of nitrogens with one attached hydrogen (secondary N) is 2. The smallest absolute Gasteiger partial charge is 0.290 e. The van der Waals surface area contributed by atoms with Crippen LogP contribution in [0.1, 0.15) is 35.3 Å². The molecule has 2 heterocycles. The van der Waals surface area contributed by atoms with Gasteiger partial charge in [0, 0.05) is 38.4 Å². The average molecular weight is 432 g/mol. The number of ether oxygens (including phenoxy) is 1. The van der Waals surface area contributed by atoms with Gasteiger partial charge >= 0.3 is 0 Å². The molecule has 3 rings (SSSR count). The Hall–Kier alpha value is -3.47. The average Bonchev–Trinajstić information content (AvgIpc) is 3.19. The van der Waals surface area contributed by atoms with E-state index in [1.165, 1.54) is 6.20 Å². The number of hydrogen-bond acceptors (Lipinski definition) is 7. The van der Waals surface area contributed by atoms with Crippen LogP contribution in [0.4, 0.5) is 5.82 Å². The van der Waals surface area contributed by atoms with E-state index in [0.29, 0.717) is 37.3 Å². The molecule has 5 N–H and O–H groups in total. The van der Waals surface area contributed by atoms with Gasteiger partial charge < -0.3 is 30.8 Å². The normalized spacial score (nSPS) is 20.1. The summed E-state index contributed by atoms with van der Waals surface area (Å²) in [7, 11) is 3.37. The first kappa shape index (κ1) is 23.8. The quantitative estimate of drug-likeness (QED) is 0.475. The lowest BCUT2D eigenvalue weighted by atomic mass is 9.83. The molecule has 0 radical (unpaired) electrons. The van der Waals surface area contributed by atoms with Crippen molar-refractivity contribution in [3.63, 3.8) is 0 Å². The van der Waals surface area contributed by atoms with E-state index in [1.807, 2.05) is 6.07 Å². The maximum atomic E-state index is 12.6. The summed E-state index contributed by atoms with van der Waals surface area (Å²) in [5.74, 6) is 0.00979. The van der Waals surface area contributed by atoms with Crippen LogP contribution in [0.3, 0.4) is 0 Å². The summed E-state index contributed by atoms with van der Waals surface area (Å²) < 4.78 is 7.23. The number of hydrogen-bond donors (Lipinski definition) is 4. The van der Waals surface area contributed by atoms with Gasteiger partial charge in [-0.25, -0.2) is 9.97 Å². The number of aryl methyl sites for hydroxylation is 1. The molecule has 1 aliphatic rings. The lowest BCUT2D eigenvalue weighted by molar-refractivity contribution is -0.128. The van der Waals surface area contributed by atoms with E-state index in [9.17, 15) is 9.59 Å². The fourth-order valence-electron chi connectivity index (χ4n) is 3.54. The third-order valence-corrected chi connectivity index (χ3v) is 5.21. The Morgan fingerprint density at radius 2 is 2.16 bits per heavy atom. The fraction of sp³-hybridized carbons (Fsp3) is 0.450. The van der Waals surface area contributed by atoms with Crippen molar-refractivity contribution in [1.82, 2.24) is 25.2 Å². The molecule has 1 saturated carbocycles. The Kier molecular flexibility index (Phi) is 8.94. The maximum Gasteiger partial charge on any atom is 0.290 e. The van der Waals surface area contributed by atoms with Crippen molar-refractivity contribution >= 4 is 24.1 Å². The minimum atomic E-state index is -0.250. The summed E-state index contributed by atoms with van der Waals surface area (Å²) in [6.45, 7) is 0.0906. The molecule has 0 saturated heterocycles. The number of carbonyl (C=O) groups excluding carboxylic acids is 2. The van der Waals surface area contributed by atoms with Gasteiger partial charge in [0.15, 0.2) is 0 Å². The predicted octanol–water partition coefficient (Wildman–Crippen LogP) is 0.328. The molecule has 0 unspecified atom stereocenters. The number of nitrogens with zero attached hydrogens (tertiary/aromatic N) is 3. The van der Waals surface area contributed by atoms with Crippen molar-refractivity contribution < 1.29 is 24.2 Å². The fourth-order valence-corrected chi connectivity index (χ4v) is 3.54. The lowest BCUT2D eigenvalue weighted by Gasteiger charge is -2.35. The number of pyridine rings is 1. The monoisotopic (exact) mass is 432 g/mol. The Morgan fingerprint density at radius 1 is 1.42 bits per heavy atom. The standard InChI is InChI=1S/C19H26N6O3.CH2O2/c1-25-11-21-10-15(25)19(27)24-14-6-5-12(8-16(14)28-2)18(26)23-9-13-4-3-7-22-17(13)20;2-1-3/h3-4,7,10-12,14,16H,5-6,8-9H2,1-2H3,(H2,20,22)(H,23,26)(H,24,27);1H,(H,2,3)/t12-,14+,16+;/m0./s1. The second-order valence-corrected chi connectivity index (χ2v) is 7.12. The summed E-state index contributed by atoms with van der Waals surface area (Å²) in [5, 5.41) is 12.8. The van der Waals surface area contributed by atoms with Gasteiger partial charge in [0.2, 0.25) is 5.91 Å². The van der Waals surface area contributed by atoms with E-state index in [0.717, 1.165) is 5.56 Å². The van der Waals surface area contributed by atoms with Gasteiger partial charge in [-0.05, 0) is 25.3 Å². The van der Waals surface area contributed by atoms with E-state index in [-0.39, 0.29) is 36.4 Å². The van der Waals surface area contributed by atoms with Gasteiger partial charge in [0.1, 0.15) is 11.5 Å². The summed E-state index contributed by atoms with van der Waals surface area (Å²) in [5.41, 5.74) is 7.09. The number of carbonyl (C=O) groups is 3. The van der Waals surface area contributed by atoms with Crippen LogP contribution in [-0.2, 0) is 27.9 Å². The number of methoxy groups -OCH3 is 1. The maximum absolute atomic E-state index is 12.6. The van der Waals surface area contributed by atoms with Gasteiger partial charge in [-0.3, -0.25) is 14.4 Å². The lowest BCUT2D eigenvalue weighted by Crippen LogP contribution is -2.50. The molecule has 2 amide bonds. The number of nitrogen functional groups attached to an aromatic ring is 1. The number of nitrogens with two attached hydrogens (primary N) is 1. The molecule has 0 spiro atoms. The van der Waals surface area contributed by atoms with Gasteiger partial charge in [-0.15, -0.1) is 0 Å². The van der Waals surface area contributed by atoms with Crippen molar-refractivity contribution in [2.45, 2.75) is 38.0 Å². The molecule has 168 valence electrons. The van der Waals surface area contributed by atoms with Crippen molar-refractivity contribution in [3.8, 4) is 0 Å². The highest BCUT2D eigenvalue weighted by atomic mass is 16.5. The minimum Gasteiger partial charge on any atom is -0.483 e. The van der Waals surface area contributed by atoms with Crippen LogP contribution < -0.4 is 16.4 Å². The zero-order valence-electron chi connectivity index (χ0n) is 17.5. The van der Waals surface area contributed by atoms with Gasteiger partial charge in [0.05, 0.1) is 24.7 Å². The zero-order valence-corrected chi connectivity index (χ0v) is 17.5. The summed E-state index contributed by atoms with van der Waals surface area (Å²) in [6.07, 6.45) is 6.37. The number of aromatic nitrogens is 3. The molecular weight excluding hydrogens is 404 g/mol. The zero-order chi connectivity index (χ0) is 22.8. The largest absolute Gasteiger partial charge is 0.483 e. The summed E-state index contributed by atoms with van der Waals surface area (Å²) in [6, 6.07) is 3.48. The molecule has 0 aliphatic heterocycles. The Bertz CT molecular complexity index is 886. The van der Waals surface area contributed by atoms with Crippen LogP contribution in [0.2, 0.25) is 0 Å². The van der Waals surface area contributed by atoms with Crippen molar-refractivity contribution in [2.24, 2.45) is 13.0 Å². The molecule has 2 aromatic heterocycles. The Morgan fingerprint density at radius 3 is 2.77 bits per heavy atom. The van der Waals surface area contributed by atoms with Crippen LogP contribution in [0, 0.1) is 5.92 Å². The number of rotatable bonds is 6. The Balaban J connectivity index is 0.00000107. The van der Waals surface area contributed by atoms with Gasteiger partial charge in [-0.1, -0.05) is 6.07 Å². The third kappa shape index (κ3) is 6.51. The minimum absolute atomic E-state index is 0.0401. The molecule has 0 bridgehead atoms. The highest BCUT2D eigenvalue weighted by Gasteiger charge is 2.35. The van der Waals surface area contributed by atoms with E-state index < -0.39 is 0 Å². The van der Waals surface area contributed by atoms with E-state index in [4.69, 9.17) is 20.4 Å². The first-order chi connectivity index (χ1) is 14.9. The van der Waals surface area contributed by atoms with Crippen molar-refractivity contribution in [2.75, 3.05) is 12.8 Å². The van der Waals surface area contributed by atoms with Gasteiger partial charge in [0.25, 0.3) is 12.4 Å². The Labute approximate surface area is 180 Å². The molecule has 0 aromatic carbocycles. The van der Waals surface area contributed by atoms with Crippen LogP contribution in [0.15, 0.2) is 30.9 Å². The second kappa shape index (κ2) is 11.6. The summed E-state index contributed by atoms with van der Waals surface area (Å²) >= 11 is 0. The number of amides is 2. The molecular formula is C20H28N6O5. The molecule has 2 aromatic rings. The van der Waals surface area contributed by atoms with Crippen molar-refractivity contribution in [3.05, 3.63) is 42.1 Å². The molecule has 31 heavy (non-hydrogen) atoms. The van der Waals surface area contributed by atoms with Crippen LogP contribution >= 0.6 is 0 Å².